The molecule has 1 aliphatic rings. The van der Waals surface area contributed by atoms with Crippen molar-refractivity contribution in [1.82, 2.24) is 10.6 Å². The molecule has 1 atom stereocenters. The SMILES string of the molecule is CNCC(C)C(=O)NC1(C)CCC(C)CC1. The van der Waals surface area contributed by atoms with Crippen molar-refractivity contribution in [3.05, 3.63) is 0 Å². The van der Waals surface area contributed by atoms with Crippen LogP contribution in [0.4, 0.5) is 0 Å². The summed E-state index contributed by atoms with van der Waals surface area (Å²) in [6, 6.07) is 0. The Hall–Kier alpha value is -0.570. The van der Waals surface area contributed by atoms with E-state index >= 15 is 0 Å². The molecule has 16 heavy (non-hydrogen) atoms. The summed E-state index contributed by atoms with van der Waals surface area (Å²) in [5.74, 6) is 1.06. The number of carbonyl (C=O) groups is 1. The average molecular weight is 226 g/mol. The fourth-order valence-electron chi connectivity index (χ4n) is 2.34. The summed E-state index contributed by atoms with van der Waals surface area (Å²) in [6.07, 6.45) is 4.70. The quantitative estimate of drug-likeness (QED) is 0.769. The van der Waals surface area contributed by atoms with E-state index in [1.807, 2.05) is 14.0 Å². The van der Waals surface area contributed by atoms with E-state index in [-0.39, 0.29) is 17.4 Å². The van der Waals surface area contributed by atoms with Gasteiger partial charge in [0.1, 0.15) is 0 Å². The van der Waals surface area contributed by atoms with Crippen molar-refractivity contribution in [2.24, 2.45) is 11.8 Å². The van der Waals surface area contributed by atoms with Crippen LogP contribution in [0.2, 0.25) is 0 Å². The first-order valence-electron chi connectivity index (χ1n) is 6.43. The summed E-state index contributed by atoms with van der Waals surface area (Å²) in [5, 5.41) is 6.27. The Labute approximate surface area is 99.4 Å². The lowest BCUT2D eigenvalue weighted by Crippen LogP contribution is -2.50. The number of hydrogen-bond donors (Lipinski definition) is 2. The van der Waals surface area contributed by atoms with Crippen LogP contribution in [0.3, 0.4) is 0 Å². The molecule has 3 heteroatoms. The van der Waals surface area contributed by atoms with Gasteiger partial charge in [-0.25, -0.2) is 0 Å². The van der Waals surface area contributed by atoms with Gasteiger partial charge in [0.25, 0.3) is 0 Å². The van der Waals surface area contributed by atoms with Crippen molar-refractivity contribution in [1.29, 1.82) is 0 Å². The highest BCUT2D eigenvalue weighted by Gasteiger charge is 2.31. The maximum absolute atomic E-state index is 11.9. The maximum Gasteiger partial charge on any atom is 0.224 e. The van der Waals surface area contributed by atoms with Crippen molar-refractivity contribution in [3.8, 4) is 0 Å². The number of hydrogen-bond acceptors (Lipinski definition) is 2. The van der Waals surface area contributed by atoms with Crippen LogP contribution in [-0.4, -0.2) is 25.0 Å². The van der Waals surface area contributed by atoms with Gasteiger partial charge in [-0.2, -0.15) is 0 Å². The van der Waals surface area contributed by atoms with E-state index < -0.39 is 0 Å². The predicted molar refractivity (Wildman–Crippen MR) is 67.3 cm³/mol. The Morgan fingerprint density at radius 2 is 2.00 bits per heavy atom. The largest absolute Gasteiger partial charge is 0.351 e. The fraction of sp³-hybridized carbons (Fsp3) is 0.923. The topological polar surface area (TPSA) is 41.1 Å². The maximum atomic E-state index is 11.9. The molecule has 1 saturated carbocycles. The lowest BCUT2D eigenvalue weighted by molar-refractivity contribution is -0.126. The summed E-state index contributed by atoms with van der Waals surface area (Å²) in [4.78, 5) is 11.9. The Morgan fingerprint density at radius 3 is 2.50 bits per heavy atom. The number of amides is 1. The standard InChI is InChI=1S/C13H26N2O/c1-10-5-7-13(3,8-6-10)15-12(16)11(2)9-14-4/h10-11,14H,5-9H2,1-4H3,(H,15,16). The molecule has 1 fully saturated rings. The van der Waals surface area contributed by atoms with E-state index in [2.05, 4.69) is 24.5 Å². The minimum absolute atomic E-state index is 0.0333. The fourth-order valence-corrected chi connectivity index (χ4v) is 2.34. The van der Waals surface area contributed by atoms with Crippen LogP contribution in [0.25, 0.3) is 0 Å². The molecule has 3 nitrogen and oxygen atoms in total. The first-order chi connectivity index (χ1) is 7.47. The van der Waals surface area contributed by atoms with Crippen LogP contribution < -0.4 is 10.6 Å². The Kier molecular flexibility index (Phi) is 4.78. The molecule has 0 radical (unpaired) electrons. The summed E-state index contributed by atoms with van der Waals surface area (Å²) < 4.78 is 0. The minimum Gasteiger partial charge on any atom is -0.351 e. The molecule has 0 bridgehead atoms. The number of carbonyl (C=O) groups excluding carboxylic acids is 1. The van der Waals surface area contributed by atoms with Gasteiger partial charge in [-0.3, -0.25) is 4.79 Å². The van der Waals surface area contributed by atoms with Gasteiger partial charge in [-0.1, -0.05) is 13.8 Å². The molecular weight excluding hydrogens is 200 g/mol. The molecule has 0 aromatic heterocycles. The zero-order chi connectivity index (χ0) is 12.2. The van der Waals surface area contributed by atoms with Crippen LogP contribution in [0.5, 0.6) is 0 Å². The smallest absolute Gasteiger partial charge is 0.224 e. The highest BCUT2D eigenvalue weighted by Crippen LogP contribution is 2.31. The number of rotatable bonds is 4. The van der Waals surface area contributed by atoms with E-state index in [1.54, 1.807) is 0 Å². The normalized spacial score (nSPS) is 32.1. The molecule has 0 aliphatic heterocycles. The molecular formula is C13H26N2O. The van der Waals surface area contributed by atoms with Gasteiger partial charge in [0.05, 0.1) is 0 Å². The van der Waals surface area contributed by atoms with Gasteiger partial charge >= 0.3 is 0 Å². The molecule has 1 unspecified atom stereocenters. The Balaban J connectivity index is 2.43. The first-order valence-corrected chi connectivity index (χ1v) is 6.43. The van der Waals surface area contributed by atoms with Gasteiger partial charge in [0, 0.05) is 18.0 Å². The summed E-state index contributed by atoms with van der Waals surface area (Å²) in [7, 11) is 1.88. The van der Waals surface area contributed by atoms with E-state index in [0.717, 1.165) is 25.3 Å². The van der Waals surface area contributed by atoms with Crippen molar-refractivity contribution in [2.75, 3.05) is 13.6 Å². The molecule has 1 rings (SSSR count). The van der Waals surface area contributed by atoms with Crippen LogP contribution in [-0.2, 0) is 4.79 Å². The molecule has 94 valence electrons. The van der Waals surface area contributed by atoms with E-state index in [9.17, 15) is 4.79 Å². The van der Waals surface area contributed by atoms with Gasteiger partial charge < -0.3 is 10.6 Å². The average Bonchev–Trinajstić information content (AvgIpc) is 2.23. The van der Waals surface area contributed by atoms with Gasteiger partial charge in [0.2, 0.25) is 5.91 Å². The van der Waals surface area contributed by atoms with Gasteiger partial charge in [0.15, 0.2) is 0 Å². The molecule has 0 saturated heterocycles. The highest BCUT2D eigenvalue weighted by molar-refractivity contribution is 5.79. The third-order valence-corrected chi connectivity index (χ3v) is 3.76. The van der Waals surface area contributed by atoms with Crippen LogP contribution >= 0.6 is 0 Å². The lowest BCUT2D eigenvalue weighted by Gasteiger charge is -2.37. The minimum atomic E-state index is 0.0333. The summed E-state index contributed by atoms with van der Waals surface area (Å²) in [5.41, 5.74) is 0.0333. The molecule has 0 aromatic carbocycles. The molecule has 1 aliphatic carbocycles. The van der Waals surface area contributed by atoms with Crippen molar-refractivity contribution >= 4 is 5.91 Å². The van der Waals surface area contributed by atoms with Gasteiger partial charge in [-0.05, 0) is 45.6 Å². The van der Waals surface area contributed by atoms with Crippen LogP contribution in [0, 0.1) is 11.8 Å². The monoisotopic (exact) mass is 226 g/mol. The summed E-state index contributed by atoms with van der Waals surface area (Å²) >= 11 is 0. The van der Waals surface area contributed by atoms with Crippen molar-refractivity contribution in [2.45, 2.75) is 52.0 Å². The number of nitrogens with one attached hydrogen (secondary N) is 2. The van der Waals surface area contributed by atoms with Crippen molar-refractivity contribution in [3.63, 3.8) is 0 Å². The molecule has 0 aromatic rings. The molecule has 1 amide bonds. The van der Waals surface area contributed by atoms with Crippen LogP contribution in [0.1, 0.15) is 46.5 Å². The molecule has 2 N–H and O–H groups in total. The lowest BCUT2D eigenvalue weighted by atomic mass is 9.78. The second-order valence-electron chi connectivity index (χ2n) is 5.69. The highest BCUT2D eigenvalue weighted by atomic mass is 16.2. The van der Waals surface area contributed by atoms with E-state index in [4.69, 9.17) is 0 Å². The van der Waals surface area contributed by atoms with E-state index in [0.29, 0.717) is 0 Å². The van der Waals surface area contributed by atoms with Gasteiger partial charge in [-0.15, -0.1) is 0 Å². The van der Waals surface area contributed by atoms with Crippen molar-refractivity contribution < 1.29 is 4.79 Å². The van der Waals surface area contributed by atoms with Crippen LogP contribution in [0.15, 0.2) is 0 Å². The zero-order valence-corrected chi connectivity index (χ0v) is 11.1. The predicted octanol–water partition coefficient (Wildman–Crippen LogP) is 1.93. The molecule has 0 heterocycles. The molecule has 0 spiro atoms. The third kappa shape index (κ3) is 3.78. The zero-order valence-electron chi connectivity index (χ0n) is 11.1. The first kappa shape index (κ1) is 13.5. The second-order valence-corrected chi connectivity index (χ2v) is 5.69. The Bertz CT molecular complexity index is 232. The second kappa shape index (κ2) is 5.67. The van der Waals surface area contributed by atoms with E-state index in [1.165, 1.54) is 12.8 Å². The summed E-state index contributed by atoms with van der Waals surface area (Å²) in [6.45, 7) is 7.20. The Morgan fingerprint density at radius 1 is 1.44 bits per heavy atom. The third-order valence-electron chi connectivity index (χ3n) is 3.76.